The molecule has 0 aromatic carbocycles. The molecule has 0 saturated heterocycles. The molecule has 0 aromatic heterocycles. The van der Waals surface area contributed by atoms with Gasteiger partial charge in [-0.1, -0.05) is 279 Å². The van der Waals surface area contributed by atoms with Crippen molar-refractivity contribution in [2.45, 2.75) is 303 Å². The molecule has 0 saturated carbocycles. The lowest BCUT2D eigenvalue weighted by Crippen LogP contribution is -2.30. The molecule has 0 rings (SSSR count). The number of ether oxygens (including phenoxy) is 3. The van der Waals surface area contributed by atoms with E-state index in [9.17, 15) is 14.4 Å². The molecule has 0 aromatic rings. The largest absolute Gasteiger partial charge is 0.462 e. The van der Waals surface area contributed by atoms with E-state index in [1.807, 2.05) is 0 Å². The Hall–Kier alpha value is -3.67. The molecular formula is C68H116O6. The molecule has 6 heteroatoms. The predicted molar refractivity (Wildman–Crippen MR) is 320 cm³/mol. The van der Waals surface area contributed by atoms with Gasteiger partial charge in [-0.15, -0.1) is 0 Å². The summed E-state index contributed by atoms with van der Waals surface area (Å²) in [6.45, 7) is 6.46. The molecule has 6 nitrogen and oxygen atoms in total. The third-order valence-corrected chi connectivity index (χ3v) is 13.3. The van der Waals surface area contributed by atoms with E-state index in [-0.39, 0.29) is 31.1 Å². The van der Waals surface area contributed by atoms with Gasteiger partial charge in [0.15, 0.2) is 6.10 Å². The van der Waals surface area contributed by atoms with Crippen LogP contribution in [0.5, 0.6) is 0 Å². The highest BCUT2D eigenvalue weighted by atomic mass is 16.6. The van der Waals surface area contributed by atoms with Gasteiger partial charge in [0.05, 0.1) is 0 Å². The van der Waals surface area contributed by atoms with Crippen molar-refractivity contribution < 1.29 is 28.6 Å². The fourth-order valence-corrected chi connectivity index (χ4v) is 8.66. The maximum Gasteiger partial charge on any atom is 0.306 e. The summed E-state index contributed by atoms with van der Waals surface area (Å²) in [5.74, 6) is -0.883. The van der Waals surface area contributed by atoms with Crippen LogP contribution in [0.4, 0.5) is 0 Å². The molecule has 424 valence electrons. The summed E-state index contributed by atoms with van der Waals surface area (Å²) in [5, 5.41) is 0. The number of allylic oxidation sites excluding steroid dienone is 16. The van der Waals surface area contributed by atoms with Crippen molar-refractivity contribution in [3.05, 3.63) is 97.2 Å². The number of carbonyl (C=O) groups is 3. The minimum Gasteiger partial charge on any atom is -0.462 e. The second kappa shape index (κ2) is 61.9. The molecule has 0 amide bonds. The Labute approximate surface area is 457 Å². The lowest BCUT2D eigenvalue weighted by Gasteiger charge is -2.18. The maximum atomic E-state index is 12.8. The fraction of sp³-hybridized carbons (Fsp3) is 0.721. The molecule has 0 aliphatic carbocycles. The fourth-order valence-electron chi connectivity index (χ4n) is 8.66. The van der Waals surface area contributed by atoms with Crippen LogP contribution in [-0.2, 0) is 28.6 Å². The van der Waals surface area contributed by atoms with E-state index in [0.29, 0.717) is 19.3 Å². The minimum absolute atomic E-state index is 0.0769. The zero-order valence-corrected chi connectivity index (χ0v) is 48.6. The van der Waals surface area contributed by atoms with Crippen LogP contribution in [0.1, 0.15) is 297 Å². The summed E-state index contributed by atoms with van der Waals surface area (Å²) < 4.78 is 16.8. The third-order valence-electron chi connectivity index (χ3n) is 13.3. The molecule has 0 spiro atoms. The molecule has 0 heterocycles. The van der Waals surface area contributed by atoms with Gasteiger partial charge in [-0.05, 0) is 96.3 Å². The topological polar surface area (TPSA) is 78.9 Å². The summed E-state index contributed by atoms with van der Waals surface area (Å²) in [5.41, 5.74) is 0. The van der Waals surface area contributed by atoms with Crippen molar-refractivity contribution in [2.75, 3.05) is 13.2 Å². The molecule has 0 bridgehead atoms. The van der Waals surface area contributed by atoms with E-state index >= 15 is 0 Å². The summed E-state index contributed by atoms with van der Waals surface area (Å²) in [7, 11) is 0. The first-order valence-electron chi connectivity index (χ1n) is 31.2. The Bertz CT molecular complexity index is 1460. The number of carbonyl (C=O) groups excluding carboxylic acids is 3. The van der Waals surface area contributed by atoms with Crippen molar-refractivity contribution in [1.29, 1.82) is 0 Å². The standard InChI is InChI=1S/C68H116O6/c1-4-7-10-13-16-19-22-23-24-25-26-27-28-29-30-31-32-33-34-35-36-37-38-39-40-41-42-43-44-45-47-49-52-55-58-61-67(70)73-64-65(63-72-66(69)60-57-54-51-48-21-18-15-12-9-6-3)74-68(71)62-59-56-53-50-46-20-17-14-11-8-5-2/h7,10,12,15-16,19,23-24,26-27,29-30,32-33,35-36,65H,4-6,8-9,11,13-14,17-18,20-22,25,28,31,34,37-64H2,1-3H3/b10-7-,15-12-,19-16-,24-23-,27-26-,30-29-,33-32-,36-35-. The predicted octanol–water partition coefficient (Wildman–Crippen LogP) is 21.3. The summed E-state index contributed by atoms with van der Waals surface area (Å²) in [6, 6.07) is 0. The SMILES string of the molecule is CC/C=C\C/C=C\C/C=C\C/C=C\C/C=C\C/C=C\C/C=C\CCCCCCCCCCCCCCCC(=O)OCC(COC(=O)CCCCCCC/C=C\CCC)OC(=O)CCCCCCCCCCCCC. The normalized spacial score (nSPS) is 12.7. The molecule has 1 atom stereocenters. The van der Waals surface area contributed by atoms with Gasteiger partial charge in [-0.3, -0.25) is 14.4 Å². The molecular weight excluding hydrogens is 913 g/mol. The van der Waals surface area contributed by atoms with E-state index in [0.717, 1.165) is 116 Å². The van der Waals surface area contributed by atoms with Crippen LogP contribution in [-0.4, -0.2) is 37.2 Å². The quantitative estimate of drug-likeness (QED) is 0.0261. The van der Waals surface area contributed by atoms with Crippen LogP contribution in [0.25, 0.3) is 0 Å². The van der Waals surface area contributed by atoms with Crippen LogP contribution in [0.2, 0.25) is 0 Å². The van der Waals surface area contributed by atoms with Crippen LogP contribution >= 0.6 is 0 Å². The van der Waals surface area contributed by atoms with Crippen molar-refractivity contribution in [3.8, 4) is 0 Å². The zero-order valence-electron chi connectivity index (χ0n) is 48.6. The highest BCUT2D eigenvalue weighted by Crippen LogP contribution is 2.16. The Morgan fingerprint density at radius 3 is 0.892 bits per heavy atom. The summed E-state index contributed by atoms with van der Waals surface area (Å²) in [4.78, 5) is 38.0. The van der Waals surface area contributed by atoms with E-state index < -0.39 is 6.10 Å². The van der Waals surface area contributed by atoms with Gasteiger partial charge in [-0.25, -0.2) is 0 Å². The molecule has 0 fully saturated rings. The van der Waals surface area contributed by atoms with E-state index in [4.69, 9.17) is 14.2 Å². The van der Waals surface area contributed by atoms with E-state index in [1.165, 1.54) is 141 Å². The van der Waals surface area contributed by atoms with Gasteiger partial charge in [-0.2, -0.15) is 0 Å². The first-order valence-corrected chi connectivity index (χ1v) is 31.2. The van der Waals surface area contributed by atoms with Crippen molar-refractivity contribution in [2.24, 2.45) is 0 Å². The summed E-state index contributed by atoms with van der Waals surface area (Å²) >= 11 is 0. The molecule has 0 N–H and O–H groups in total. The van der Waals surface area contributed by atoms with Gasteiger partial charge in [0.2, 0.25) is 0 Å². The van der Waals surface area contributed by atoms with Gasteiger partial charge < -0.3 is 14.2 Å². The molecule has 0 aliphatic heterocycles. The van der Waals surface area contributed by atoms with Gasteiger partial charge >= 0.3 is 17.9 Å². The van der Waals surface area contributed by atoms with Crippen LogP contribution in [0.15, 0.2) is 97.2 Å². The van der Waals surface area contributed by atoms with E-state index in [1.54, 1.807) is 0 Å². The van der Waals surface area contributed by atoms with Crippen LogP contribution < -0.4 is 0 Å². The Morgan fingerprint density at radius 2 is 0.554 bits per heavy atom. The lowest BCUT2D eigenvalue weighted by atomic mass is 10.0. The Balaban J connectivity index is 4.05. The second-order valence-electron chi connectivity index (χ2n) is 20.6. The highest BCUT2D eigenvalue weighted by Gasteiger charge is 2.19. The van der Waals surface area contributed by atoms with Crippen molar-refractivity contribution in [3.63, 3.8) is 0 Å². The van der Waals surface area contributed by atoms with Crippen LogP contribution in [0, 0.1) is 0 Å². The van der Waals surface area contributed by atoms with E-state index in [2.05, 4.69) is 118 Å². The molecule has 1 unspecified atom stereocenters. The van der Waals surface area contributed by atoms with Crippen molar-refractivity contribution in [1.82, 2.24) is 0 Å². The number of hydrogen-bond acceptors (Lipinski definition) is 6. The monoisotopic (exact) mass is 1030 g/mol. The average molecular weight is 1030 g/mol. The molecule has 74 heavy (non-hydrogen) atoms. The highest BCUT2D eigenvalue weighted by molar-refractivity contribution is 5.71. The second-order valence-corrected chi connectivity index (χ2v) is 20.6. The summed E-state index contributed by atoms with van der Waals surface area (Å²) in [6.07, 6.45) is 82.9. The maximum absolute atomic E-state index is 12.8. The Kier molecular flexibility index (Phi) is 58.8. The lowest BCUT2D eigenvalue weighted by molar-refractivity contribution is -0.167. The number of esters is 3. The minimum atomic E-state index is -0.776. The number of rotatable bonds is 56. The zero-order chi connectivity index (χ0) is 53.6. The first-order chi connectivity index (χ1) is 36.5. The van der Waals surface area contributed by atoms with Crippen molar-refractivity contribution >= 4 is 17.9 Å². The first kappa shape index (κ1) is 70.3. The molecule has 0 radical (unpaired) electrons. The molecule has 0 aliphatic rings. The smallest absolute Gasteiger partial charge is 0.306 e. The average Bonchev–Trinajstić information content (AvgIpc) is 3.40. The number of hydrogen-bond donors (Lipinski definition) is 0. The Morgan fingerprint density at radius 1 is 0.284 bits per heavy atom. The van der Waals surface area contributed by atoms with Gasteiger partial charge in [0.25, 0.3) is 0 Å². The van der Waals surface area contributed by atoms with Gasteiger partial charge in [0.1, 0.15) is 13.2 Å². The third kappa shape index (κ3) is 59.2. The van der Waals surface area contributed by atoms with Gasteiger partial charge in [0, 0.05) is 19.3 Å². The number of unbranched alkanes of at least 4 members (excludes halogenated alkanes) is 29. The van der Waals surface area contributed by atoms with Crippen LogP contribution in [0.3, 0.4) is 0 Å².